The Morgan fingerprint density at radius 3 is 2.15 bits per heavy atom. The van der Waals surface area contributed by atoms with Crippen molar-refractivity contribution in [3.05, 3.63) is 101 Å². The maximum absolute atomic E-state index is 14.0. The Kier molecular flexibility index (Phi) is 5.40. The van der Waals surface area contributed by atoms with Gasteiger partial charge in [0.15, 0.2) is 0 Å². The molecule has 0 aliphatic carbocycles. The number of carbonyl (C=O) groups excluding carboxylic acids is 2. The van der Waals surface area contributed by atoms with Crippen LogP contribution in [-0.4, -0.2) is 18.4 Å². The number of amides is 2. The first-order chi connectivity index (χ1) is 16.3. The summed E-state index contributed by atoms with van der Waals surface area (Å²) in [6, 6.07) is 23.8. The van der Waals surface area contributed by atoms with Crippen LogP contribution in [0.1, 0.15) is 49.4 Å². The Bertz CT molecular complexity index is 1290. The van der Waals surface area contributed by atoms with E-state index in [1.807, 2.05) is 73.7 Å². The van der Waals surface area contributed by atoms with Crippen molar-refractivity contribution in [3.63, 3.8) is 0 Å². The largest absolute Gasteiger partial charge is 0.336 e. The highest BCUT2D eigenvalue weighted by molar-refractivity contribution is 6.46. The van der Waals surface area contributed by atoms with E-state index in [0.717, 1.165) is 35.2 Å². The van der Waals surface area contributed by atoms with Crippen LogP contribution in [0.4, 0.5) is 11.4 Å². The third-order valence-electron chi connectivity index (χ3n) is 6.77. The van der Waals surface area contributed by atoms with E-state index in [2.05, 4.69) is 31.7 Å². The molecule has 34 heavy (non-hydrogen) atoms. The molecular formula is C30H30N2O2. The van der Waals surface area contributed by atoms with Crippen LogP contribution in [0.15, 0.2) is 78.5 Å². The molecule has 0 unspecified atom stereocenters. The van der Waals surface area contributed by atoms with Crippen LogP contribution in [0.5, 0.6) is 0 Å². The van der Waals surface area contributed by atoms with Gasteiger partial charge < -0.3 is 4.90 Å². The van der Waals surface area contributed by atoms with Gasteiger partial charge >= 0.3 is 0 Å². The number of nitrogens with zero attached hydrogens (tertiary/aromatic N) is 2. The summed E-state index contributed by atoms with van der Waals surface area (Å²) in [6.45, 7) is 9.17. The van der Waals surface area contributed by atoms with Crippen molar-refractivity contribution in [2.24, 2.45) is 0 Å². The number of aryl methyl sites for hydroxylation is 2. The lowest BCUT2D eigenvalue weighted by Crippen LogP contribution is -2.37. The summed E-state index contributed by atoms with van der Waals surface area (Å²) in [5, 5.41) is 0. The summed E-state index contributed by atoms with van der Waals surface area (Å²) >= 11 is 0. The molecule has 5 rings (SSSR count). The van der Waals surface area contributed by atoms with Gasteiger partial charge in [0, 0.05) is 12.2 Å². The molecule has 4 heteroatoms. The van der Waals surface area contributed by atoms with Crippen molar-refractivity contribution in [1.29, 1.82) is 0 Å². The van der Waals surface area contributed by atoms with Crippen molar-refractivity contribution < 1.29 is 9.59 Å². The highest BCUT2D eigenvalue weighted by Gasteiger charge is 2.43. The summed E-state index contributed by atoms with van der Waals surface area (Å²) in [7, 11) is 0. The van der Waals surface area contributed by atoms with E-state index in [0.29, 0.717) is 23.5 Å². The fraction of sp³-hybridized carbons (Fsp3) is 0.267. The minimum Gasteiger partial charge on any atom is -0.336 e. The normalized spacial score (nSPS) is 16.4. The summed E-state index contributed by atoms with van der Waals surface area (Å²) in [5.74, 6) is -0.531. The molecule has 3 aromatic rings. The van der Waals surface area contributed by atoms with E-state index in [-0.39, 0.29) is 17.2 Å². The number of para-hydroxylation sites is 1. The summed E-state index contributed by atoms with van der Waals surface area (Å²) in [4.78, 5) is 31.2. The number of imide groups is 1. The average molecular weight is 451 g/mol. The minimum absolute atomic E-state index is 0.00840. The fourth-order valence-corrected chi connectivity index (χ4v) is 4.86. The van der Waals surface area contributed by atoms with E-state index in [1.165, 1.54) is 10.5 Å². The Morgan fingerprint density at radius 1 is 0.794 bits per heavy atom. The average Bonchev–Trinajstić information content (AvgIpc) is 3.08. The Hall–Kier alpha value is -3.66. The van der Waals surface area contributed by atoms with Gasteiger partial charge in [0.1, 0.15) is 5.70 Å². The van der Waals surface area contributed by atoms with E-state index in [9.17, 15) is 9.59 Å². The maximum Gasteiger partial charge on any atom is 0.282 e. The molecule has 4 nitrogen and oxygen atoms in total. The van der Waals surface area contributed by atoms with Gasteiger partial charge in [-0.1, -0.05) is 80.9 Å². The molecule has 0 radical (unpaired) electrons. The van der Waals surface area contributed by atoms with Gasteiger partial charge in [-0.15, -0.1) is 0 Å². The molecule has 0 aromatic heterocycles. The molecule has 2 aliphatic rings. The standard InChI is InChI=1S/C30H30N2O2/c1-20-11-13-22(14-12-20)26-27(31-19-7-9-21-8-5-6-10-25(21)31)29(34)32(28(26)33)24-17-15-23(16-18-24)30(2,3)4/h5-6,8,10-18H,7,9,19H2,1-4H3. The van der Waals surface area contributed by atoms with Crippen molar-refractivity contribution >= 4 is 28.8 Å². The zero-order chi connectivity index (χ0) is 24.0. The topological polar surface area (TPSA) is 40.6 Å². The Morgan fingerprint density at radius 2 is 1.47 bits per heavy atom. The van der Waals surface area contributed by atoms with Gasteiger partial charge in [-0.25, -0.2) is 4.90 Å². The molecule has 172 valence electrons. The lowest BCUT2D eigenvalue weighted by atomic mass is 9.87. The van der Waals surface area contributed by atoms with Gasteiger partial charge in [0.05, 0.1) is 11.3 Å². The van der Waals surface area contributed by atoms with Gasteiger partial charge in [0.2, 0.25) is 0 Å². The molecule has 0 atom stereocenters. The van der Waals surface area contributed by atoms with E-state index in [1.54, 1.807) is 0 Å². The van der Waals surface area contributed by atoms with Crippen LogP contribution in [0, 0.1) is 6.92 Å². The predicted octanol–water partition coefficient (Wildman–Crippen LogP) is 6.03. The van der Waals surface area contributed by atoms with Crippen LogP contribution < -0.4 is 9.80 Å². The number of rotatable bonds is 3. The minimum atomic E-state index is -0.268. The first-order valence-electron chi connectivity index (χ1n) is 11.9. The number of benzene rings is 3. The molecule has 2 amide bonds. The van der Waals surface area contributed by atoms with E-state index < -0.39 is 0 Å². The molecule has 0 spiro atoms. The van der Waals surface area contributed by atoms with Gasteiger partial charge in [-0.3, -0.25) is 9.59 Å². The van der Waals surface area contributed by atoms with Crippen LogP contribution in [0.25, 0.3) is 5.57 Å². The quantitative estimate of drug-likeness (QED) is 0.458. The zero-order valence-corrected chi connectivity index (χ0v) is 20.3. The first-order valence-corrected chi connectivity index (χ1v) is 11.9. The first kappa shape index (κ1) is 22.1. The van der Waals surface area contributed by atoms with Gasteiger partial charge in [-0.05, 0) is 60.1 Å². The highest BCUT2D eigenvalue weighted by atomic mass is 16.2. The van der Waals surface area contributed by atoms with Crippen LogP contribution in [0.2, 0.25) is 0 Å². The number of hydrogen-bond donors (Lipinski definition) is 0. The van der Waals surface area contributed by atoms with Crippen LogP contribution in [0.3, 0.4) is 0 Å². The lowest BCUT2D eigenvalue weighted by Gasteiger charge is -2.32. The molecular weight excluding hydrogens is 420 g/mol. The van der Waals surface area contributed by atoms with Crippen molar-refractivity contribution in [3.8, 4) is 0 Å². The number of fused-ring (bicyclic) bond motifs is 1. The number of carbonyl (C=O) groups is 2. The third kappa shape index (κ3) is 3.73. The molecule has 2 heterocycles. The predicted molar refractivity (Wildman–Crippen MR) is 138 cm³/mol. The fourth-order valence-electron chi connectivity index (χ4n) is 4.86. The van der Waals surface area contributed by atoms with E-state index in [4.69, 9.17) is 0 Å². The molecule has 2 aliphatic heterocycles. The van der Waals surface area contributed by atoms with Crippen LogP contribution >= 0.6 is 0 Å². The highest BCUT2D eigenvalue weighted by Crippen LogP contribution is 2.40. The summed E-state index contributed by atoms with van der Waals surface area (Å²) < 4.78 is 0. The lowest BCUT2D eigenvalue weighted by molar-refractivity contribution is -0.120. The van der Waals surface area contributed by atoms with Crippen molar-refractivity contribution in [2.45, 2.75) is 46.0 Å². The molecule has 0 saturated carbocycles. The van der Waals surface area contributed by atoms with Crippen LogP contribution in [-0.2, 0) is 21.4 Å². The molecule has 0 bridgehead atoms. The zero-order valence-electron chi connectivity index (χ0n) is 20.3. The second-order valence-corrected chi connectivity index (χ2v) is 10.2. The van der Waals surface area contributed by atoms with Crippen molar-refractivity contribution in [1.82, 2.24) is 0 Å². The summed E-state index contributed by atoms with van der Waals surface area (Å²) in [5.41, 5.74) is 6.81. The molecule has 0 fully saturated rings. The summed E-state index contributed by atoms with van der Waals surface area (Å²) in [6.07, 6.45) is 1.91. The Labute approximate surface area is 201 Å². The third-order valence-corrected chi connectivity index (χ3v) is 6.77. The maximum atomic E-state index is 14.0. The SMILES string of the molecule is Cc1ccc(C2=C(N3CCCc4ccccc43)C(=O)N(c3ccc(C(C)(C)C)cc3)C2=O)cc1. The molecule has 0 saturated heterocycles. The smallest absolute Gasteiger partial charge is 0.282 e. The Balaban J connectivity index is 1.64. The van der Waals surface area contributed by atoms with Crippen molar-refractivity contribution in [2.75, 3.05) is 16.3 Å². The second-order valence-electron chi connectivity index (χ2n) is 10.2. The second kappa shape index (κ2) is 8.28. The molecule has 3 aromatic carbocycles. The van der Waals surface area contributed by atoms with Gasteiger partial charge in [0.25, 0.3) is 11.8 Å². The van der Waals surface area contributed by atoms with E-state index >= 15 is 0 Å². The number of anilines is 2. The monoisotopic (exact) mass is 450 g/mol. The molecule has 0 N–H and O–H groups in total. The van der Waals surface area contributed by atoms with Gasteiger partial charge in [-0.2, -0.15) is 0 Å². The number of hydrogen-bond acceptors (Lipinski definition) is 3.